The van der Waals surface area contributed by atoms with Crippen LogP contribution in [0.4, 0.5) is 8.78 Å². The molecule has 1 aromatic rings. The molecular weight excluding hydrogens is 324 g/mol. The summed E-state index contributed by atoms with van der Waals surface area (Å²) in [7, 11) is 0. The van der Waals surface area contributed by atoms with Crippen molar-refractivity contribution >= 4 is 12.3 Å². The highest BCUT2D eigenvalue weighted by atomic mass is 19.3. The van der Waals surface area contributed by atoms with Gasteiger partial charge in [0.2, 0.25) is 0 Å². The van der Waals surface area contributed by atoms with E-state index in [0.717, 1.165) is 37.8 Å². The molecule has 1 heterocycles. The quantitative estimate of drug-likeness (QED) is 0.641. The summed E-state index contributed by atoms with van der Waals surface area (Å²) in [5, 5.41) is 0. The van der Waals surface area contributed by atoms with Crippen LogP contribution in [0.5, 0.6) is 11.5 Å². The van der Waals surface area contributed by atoms with Crippen LogP contribution in [0.1, 0.15) is 38.2 Å². The molecule has 1 aliphatic heterocycles. The lowest BCUT2D eigenvalue weighted by molar-refractivity contribution is -0.0515. The molecule has 0 bridgehead atoms. The first-order valence-electron chi connectivity index (χ1n) is 8.77. The summed E-state index contributed by atoms with van der Waals surface area (Å²) in [6, 6.07) is 5.13. The maximum absolute atomic E-state index is 12.6. The van der Waals surface area contributed by atoms with Crippen LogP contribution in [0.3, 0.4) is 0 Å². The van der Waals surface area contributed by atoms with Crippen LogP contribution in [0.2, 0.25) is 0 Å². The first-order chi connectivity index (χ1) is 12.2. The van der Waals surface area contributed by atoms with E-state index in [4.69, 9.17) is 4.74 Å². The monoisotopic (exact) mass is 347 g/mol. The van der Waals surface area contributed by atoms with Crippen molar-refractivity contribution in [2.45, 2.75) is 39.2 Å². The molecule has 25 heavy (non-hydrogen) atoms. The molecule has 0 saturated heterocycles. The predicted octanol–water partition coefficient (Wildman–Crippen LogP) is 5.27. The van der Waals surface area contributed by atoms with Gasteiger partial charge in [-0.25, -0.2) is 0 Å². The van der Waals surface area contributed by atoms with Crippen LogP contribution in [0.15, 0.2) is 40.4 Å². The summed E-state index contributed by atoms with van der Waals surface area (Å²) in [6.07, 6.45) is 10.1. The second-order valence-electron chi connectivity index (χ2n) is 6.36. The number of halogens is 2. The van der Waals surface area contributed by atoms with Crippen molar-refractivity contribution in [1.29, 1.82) is 0 Å². The minimum absolute atomic E-state index is 0.0925. The van der Waals surface area contributed by atoms with Crippen LogP contribution in [-0.2, 0) is 0 Å². The summed E-state index contributed by atoms with van der Waals surface area (Å²) in [5.74, 6) is 1.02. The number of ether oxygens (including phenoxy) is 2. The van der Waals surface area contributed by atoms with E-state index in [-0.39, 0.29) is 5.75 Å². The number of hydrogen-bond donors (Lipinski definition) is 0. The van der Waals surface area contributed by atoms with Crippen LogP contribution >= 0.6 is 0 Å². The van der Waals surface area contributed by atoms with Crippen molar-refractivity contribution in [2.24, 2.45) is 10.9 Å². The van der Waals surface area contributed by atoms with Crippen LogP contribution in [-0.4, -0.2) is 26.0 Å². The lowest BCUT2D eigenvalue weighted by atomic mass is 9.96. The first-order valence-corrected chi connectivity index (χ1v) is 8.77. The number of allylic oxidation sites excluding steroid dienone is 2. The molecule has 0 N–H and O–H groups in total. The van der Waals surface area contributed by atoms with Gasteiger partial charge < -0.3 is 9.47 Å². The molecule has 0 unspecified atom stereocenters. The zero-order chi connectivity index (χ0) is 17.6. The average molecular weight is 347 g/mol. The fourth-order valence-corrected chi connectivity index (χ4v) is 2.79. The van der Waals surface area contributed by atoms with Crippen molar-refractivity contribution in [3.05, 3.63) is 41.0 Å². The van der Waals surface area contributed by atoms with Gasteiger partial charge in [-0.15, -0.1) is 0 Å². The molecule has 1 aliphatic carbocycles. The molecule has 0 aromatic heterocycles. The van der Waals surface area contributed by atoms with Crippen molar-refractivity contribution in [3.8, 4) is 11.5 Å². The standard InChI is InChI=1S/C20H23F2NO2/c1-2-16(17-7-9-23-10-8-17)11-15-5-6-18(25-20(21)22)19(12-15)24-13-14-3-4-14/h5-7,9,11-12,14,20H,2-4,8,10,13H2,1H3. The Balaban J connectivity index is 1.84. The van der Waals surface area contributed by atoms with Gasteiger partial charge in [0.25, 0.3) is 0 Å². The van der Waals surface area contributed by atoms with Gasteiger partial charge in [0, 0.05) is 12.8 Å². The minimum atomic E-state index is -2.86. The Kier molecular flexibility index (Phi) is 5.84. The van der Waals surface area contributed by atoms with E-state index in [1.807, 2.05) is 12.3 Å². The van der Waals surface area contributed by atoms with Crippen molar-refractivity contribution in [1.82, 2.24) is 0 Å². The molecule has 2 aliphatic rings. The van der Waals surface area contributed by atoms with Gasteiger partial charge in [0.05, 0.1) is 6.61 Å². The Bertz CT molecular complexity index is 691. The summed E-state index contributed by atoms with van der Waals surface area (Å²) < 4.78 is 35.6. The third-order valence-electron chi connectivity index (χ3n) is 4.38. The molecule has 3 nitrogen and oxygen atoms in total. The minimum Gasteiger partial charge on any atom is -0.489 e. The number of dihydropyridines is 1. The van der Waals surface area contributed by atoms with E-state index in [2.05, 4.69) is 22.7 Å². The highest BCUT2D eigenvalue weighted by Gasteiger charge is 2.23. The summed E-state index contributed by atoms with van der Waals surface area (Å²) in [6.45, 7) is 0.606. The Hall–Kier alpha value is -2.17. The van der Waals surface area contributed by atoms with Gasteiger partial charge in [-0.2, -0.15) is 8.78 Å². The van der Waals surface area contributed by atoms with Crippen LogP contribution < -0.4 is 9.47 Å². The number of hydrogen-bond acceptors (Lipinski definition) is 3. The molecule has 5 heteroatoms. The third-order valence-corrected chi connectivity index (χ3v) is 4.38. The maximum Gasteiger partial charge on any atom is 0.387 e. The smallest absolute Gasteiger partial charge is 0.387 e. The molecule has 0 spiro atoms. The van der Waals surface area contributed by atoms with Crippen molar-refractivity contribution in [2.75, 3.05) is 13.2 Å². The molecule has 1 saturated carbocycles. The van der Waals surface area contributed by atoms with E-state index < -0.39 is 6.61 Å². The third kappa shape index (κ3) is 5.15. The van der Waals surface area contributed by atoms with E-state index in [1.54, 1.807) is 18.2 Å². The van der Waals surface area contributed by atoms with Gasteiger partial charge >= 0.3 is 6.61 Å². The Morgan fingerprint density at radius 3 is 2.80 bits per heavy atom. The van der Waals surface area contributed by atoms with Gasteiger partial charge in [0.15, 0.2) is 11.5 Å². The largest absolute Gasteiger partial charge is 0.489 e. The first kappa shape index (κ1) is 17.6. The van der Waals surface area contributed by atoms with Gasteiger partial charge in [0.1, 0.15) is 0 Å². The van der Waals surface area contributed by atoms with E-state index in [0.29, 0.717) is 18.3 Å². The zero-order valence-electron chi connectivity index (χ0n) is 14.4. The summed E-state index contributed by atoms with van der Waals surface area (Å²) in [4.78, 5) is 4.21. The molecule has 0 radical (unpaired) electrons. The summed E-state index contributed by atoms with van der Waals surface area (Å²) >= 11 is 0. The number of rotatable bonds is 8. The Morgan fingerprint density at radius 1 is 1.32 bits per heavy atom. The van der Waals surface area contributed by atoms with Crippen LogP contribution in [0, 0.1) is 5.92 Å². The molecule has 0 atom stereocenters. The van der Waals surface area contributed by atoms with Crippen LogP contribution in [0.25, 0.3) is 6.08 Å². The fourth-order valence-electron chi connectivity index (χ4n) is 2.79. The fraction of sp³-hybridized carbons (Fsp3) is 0.450. The SMILES string of the molecule is CCC(=Cc1ccc(OC(F)F)c(OCC2CC2)c1)C1=CC=NCC1. The number of nitrogens with zero attached hydrogens (tertiary/aromatic N) is 1. The normalized spacial score (nSPS) is 17.6. The van der Waals surface area contributed by atoms with Crippen molar-refractivity contribution < 1.29 is 18.3 Å². The van der Waals surface area contributed by atoms with Gasteiger partial charge in [-0.05, 0) is 66.5 Å². The van der Waals surface area contributed by atoms with E-state index >= 15 is 0 Å². The average Bonchev–Trinajstić information content (AvgIpc) is 3.44. The maximum atomic E-state index is 12.6. The Labute approximate surface area is 147 Å². The Morgan fingerprint density at radius 2 is 2.16 bits per heavy atom. The molecule has 3 rings (SSSR count). The predicted molar refractivity (Wildman–Crippen MR) is 95.6 cm³/mol. The highest BCUT2D eigenvalue weighted by molar-refractivity contribution is 5.76. The second-order valence-corrected chi connectivity index (χ2v) is 6.36. The lowest BCUT2D eigenvalue weighted by Crippen LogP contribution is -2.06. The van der Waals surface area contributed by atoms with Gasteiger partial charge in [-0.1, -0.05) is 19.1 Å². The van der Waals surface area contributed by atoms with E-state index in [9.17, 15) is 8.78 Å². The van der Waals surface area contributed by atoms with E-state index in [1.165, 1.54) is 11.1 Å². The molecule has 134 valence electrons. The zero-order valence-corrected chi connectivity index (χ0v) is 14.4. The number of alkyl halides is 2. The highest BCUT2D eigenvalue weighted by Crippen LogP contribution is 2.35. The number of aliphatic imine (C=N–C) groups is 1. The van der Waals surface area contributed by atoms with Gasteiger partial charge in [-0.3, -0.25) is 4.99 Å². The molecule has 1 aromatic carbocycles. The molecule has 0 amide bonds. The summed E-state index contributed by atoms with van der Waals surface area (Å²) in [5.41, 5.74) is 3.42. The number of benzene rings is 1. The molecule has 1 fully saturated rings. The lowest BCUT2D eigenvalue weighted by Gasteiger charge is -2.14. The second kappa shape index (κ2) is 8.28. The topological polar surface area (TPSA) is 30.8 Å². The molecular formula is C20H23F2NO2. The van der Waals surface area contributed by atoms with Crippen molar-refractivity contribution in [3.63, 3.8) is 0 Å².